The summed E-state index contributed by atoms with van der Waals surface area (Å²) in [6.45, 7) is 1.44. The van der Waals surface area contributed by atoms with Gasteiger partial charge in [-0.2, -0.15) is 5.10 Å². The average molecular weight is 297 g/mol. The number of hydrogen-bond acceptors (Lipinski definition) is 4. The maximum atomic E-state index is 12.7. The number of aromatic nitrogens is 2. The Morgan fingerprint density at radius 3 is 2.55 bits per heavy atom. The van der Waals surface area contributed by atoms with Crippen molar-refractivity contribution in [2.45, 2.75) is 24.9 Å². The number of morpholine rings is 1. The van der Waals surface area contributed by atoms with Gasteiger partial charge in [0.15, 0.2) is 5.78 Å². The smallest absolute Gasteiger partial charge is 0.166 e. The minimum atomic E-state index is 0.107. The van der Waals surface area contributed by atoms with Gasteiger partial charge in [0, 0.05) is 36.0 Å². The summed E-state index contributed by atoms with van der Waals surface area (Å²) in [5.74, 6) is 0.362. The van der Waals surface area contributed by atoms with Gasteiger partial charge >= 0.3 is 0 Å². The van der Waals surface area contributed by atoms with Crippen LogP contribution in [-0.2, 0) is 4.74 Å². The van der Waals surface area contributed by atoms with Gasteiger partial charge < -0.3 is 10.1 Å². The Labute approximate surface area is 129 Å². The largest absolute Gasteiger partial charge is 0.378 e. The third-order valence-electron chi connectivity index (χ3n) is 4.54. The number of nitrogens with one attached hydrogen (secondary N) is 1. The fourth-order valence-electron chi connectivity index (χ4n) is 3.49. The summed E-state index contributed by atoms with van der Waals surface area (Å²) in [5.41, 5.74) is 1.76. The first-order valence-electron chi connectivity index (χ1n) is 7.78. The van der Waals surface area contributed by atoms with Crippen LogP contribution in [0.5, 0.6) is 0 Å². The molecule has 22 heavy (non-hydrogen) atoms. The van der Waals surface area contributed by atoms with Crippen LogP contribution in [0.4, 0.5) is 0 Å². The van der Waals surface area contributed by atoms with E-state index in [1.54, 1.807) is 10.9 Å². The zero-order chi connectivity index (χ0) is 14.9. The molecule has 4 rings (SSSR count). The molecule has 0 radical (unpaired) electrons. The van der Waals surface area contributed by atoms with E-state index in [-0.39, 0.29) is 11.7 Å². The van der Waals surface area contributed by atoms with E-state index >= 15 is 0 Å². The number of hydrogen-bond donors (Lipinski definition) is 1. The van der Waals surface area contributed by atoms with Crippen molar-refractivity contribution >= 4 is 5.78 Å². The Morgan fingerprint density at radius 1 is 1.18 bits per heavy atom. The Hall–Kier alpha value is -1.98. The van der Waals surface area contributed by atoms with Crippen molar-refractivity contribution in [3.63, 3.8) is 0 Å². The van der Waals surface area contributed by atoms with Crippen molar-refractivity contribution in [3.05, 3.63) is 48.3 Å². The molecule has 1 aromatic carbocycles. The number of carbonyl (C=O) groups is 1. The molecule has 5 heteroatoms. The third kappa shape index (κ3) is 2.58. The first-order valence-corrected chi connectivity index (χ1v) is 7.78. The van der Waals surface area contributed by atoms with Crippen molar-refractivity contribution < 1.29 is 9.53 Å². The number of piperidine rings is 1. The first kappa shape index (κ1) is 13.7. The zero-order valence-corrected chi connectivity index (χ0v) is 12.3. The van der Waals surface area contributed by atoms with Gasteiger partial charge in [0.1, 0.15) is 0 Å². The molecule has 1 aromatic heterocycles. The van der Waals surface area contributed by atoms with Gasteiger partial charge in [-0.1, -0.05) is 0 Å². The fourth-order valence-corrected chi connectivity index (χ4v) is 3.49. The zero-order valence-electron chi connectivity index (χ0n) is 12.3. The number of fused-ring (bicyclic) bond motifs is 2. The highest BCUT2D eigenvalue weighted by molar-refractivity contribution is 5.98. The van der Waals surface area contributed by atoms with Crippen LogP contribution in [0.15, 0.2) is 42.7 Å². The second kappa shape index (κ2) is 5.66. The molecular formula is C17H19N3O2. The van der Waals surface area contributed by atoms with Crippen molar-refractivity contribution in [1.82, 2.24) is 15.1 Å². The van der Waals surface area contributed by atoms with Crippen molar-refractivity contribution in [1.29, 1.82) is 0 Å². The summed E-state index contributed by atoms with van der Waals surface area (Å²) in [6, 6.07) is 10.3. The minimum absolute atomic E-state index is 0.107. The monoisotopic (exact) mass is 297 g/mol. The maximum Gasteiger partial charge on any atom is 0.166 e. The average Bonchev–Trinajstić information content (AvgIpc) is 3.08. The number of rotatable bonds is 3. The Bertz CT molecular complexity index is 639. The predicted octanol–water partition coefficient (Wildman–Crippen LogP) is 1.82. The van der Waals surface area contributed by atoms with E-state index in [1.807, 2.05) is 36.5 Å². The molecule has 2 aromatic rings. The van der Waals surface area contributed by atoms with Gasteiger partial charge in [0.2, 0.25) is 0 Å². The lowest BCUT2D eigenvalue weighted by molar-refractivity contribution is 0.00953. The van der Waals surface area contributed by atoms with Crippen molar-refractivity contribution in [3.8, 4) is 5.69 Å². The lowest BCUT2D eigenvalue weighted by Crippen LogP contribution is -2.55. The quantitative estimate of drug-likeness (QED) is 0.878. The molecule has 1 N–H and O–H groups in total. The van der Waals surface area contributed by atoms with Crippen molar-refractivity contribution in [2.75, 3.05) is 13.2 Å². The van der Waals surface area contributed by atoms with Gasteiger partial charge in [0.05, 0.1) is 18.9 Å². The molecule has 114 valence electrons. The Morgan fingerprint density at radius 2 is 1.91 bits per heavy atom. The molecule has 2 bridgehead atoms. The number of benzene rings is 1. The summed E-state index contributed by atoms with van der Waals surface area (Å²) in [4.78, 5) is 12.7. The lowest BCUT2D eigenvalue weighted by Gasteiger charge is -2.39. The molecular weight excluding hydrogens is 278 g/mol. The Kier molecular flexibility index (Phi) is 3.52. The molecule has 0 spiro atoms. The standard InChI is InChI=1S/C17H19N3O2/c21-17(13-8-14-10-22-11-15(9-13)19-14)12-2-4-16(5-3-12)20-7-1-6-18-20/h1-7,13-15,19H,8-11H2. The SMILES string of the molecule is O=C(c1ccc(-n2cccn2)cc1)C1CC2COCC(C1)N2. The summed E-state index contributed by atoms with van der Waals surface area (Å²) in [5, 5.41) is 7.73. The molecule has 2 unspecified atom stereocenters. The predicted molar refractivity (Wildman–Crippen MR) is 82.1 cm³/mol. The van der Waals surface area contributed by atoms with E-state index in [1.165, 1.54) is 0 Å². The molecule has 3 heterocycles. The van der Waals surface area contributed by atoms with E-state index in [2.05, 4.69) is 10.4 Å². The number of ketones is 1. The highest BCUT2D eigenvalue weighted by Gasteiger charge is 2.35. The maximum absolute atomic E-state index is 12.7. The molecule has 0 aliphatic carbocycles. The number of ether oxygens (including phenoxy) is 1. The lowest BCUT2D eigenvalue weighted by atomic mass is 9.82. The van der Waals surface area contributed by atoms with Crippen LogP contribution in [-0.4, -0.2) is 40.9 Å². The first-order chi connectivity index (χ1) is 10.8. The van der Waals surface area contributed by atoms with Crippen LogP contribution >= 0.6 is 0 Å². The molecule has 2 aliphatic heterocycles. The van der Waals surface area contributed by atoms with E-state index in [9.17, 15) is 4.79 Å². The minimum Gasteiger partial charge on any atom is -0.378 e. The highest BCUT2D eigenvalue weighted by Crippen LogP contribution is 2.27. The molecule has 5 nitrogen and oxygen atoms in total. The summed E-state index contributed by atoms with van der Waals surface area (Å²) >= 11 is 0. The van der Waals surface area contributed by atoms with E-state index < -0.39 is 0 Å². The molecule has 2 saturated heterocycles. The molecule has 2 fully saturated rings. The van der Waals surface area contributed by atoms with Gasteiger partial charge in [-0.25, -0.2) is 4.68 Å². The van der Waals surface area contributed by atoms with Gasteiger partial charge in [-0.05, 0) is 43.2 Å². The summed E-state index contributed by atoms with van der Waals surface area (Å²) < 4.78 is 7.34. The van der Waals surface area contributed by atoms with Gasteiger partial charge in [-0.15, -0.1) is 0 Å². The third-order valence-corrected chi connectivity index (χ3v) is 4.54. The number of Topliss-reactive ketones (excluding diaryl/α,β-unsaturated/α-hetero) is 1. The van der Waals surface area contributed by atoms with Crippen LogP contribution in [0.3, 0.4) is 0 Å². The highest BCUT2D eigenvalue weighted by atomic mass is 16.5. The topological polar surface area (TPSA) is 56.2 Å². The van der Waals surface area contributed by atoms with Gasteiger partial charge in [0.25, 0.3) is 0 Å². The van der Waals surface area contributed by atoms with Crippen LogP contribution in [0, 0.1) is 5.92 Å². The van der Waals surface area contributed by atoms with Gasteiger partial charge in [-0.3, -0.25) is 4.79 Å². The molecule has 0 amide bonds. The van der Waals surface area contributed by atoms with E-state index in [0.29, 0.717) is 12.1 Å². The molecule has 0 saturated carbocycles. The van der Waals surface area contributed by atoms with Crippen LogP contribution < -0.4 is 5.32 Å². The van der Waals surface area contributed by atoms with E-state index in [4.69, 9.17) is 4.74 Å². The second-order valence-corrected chi connectivity index (χ2v) is 6.13. The number of nitrogens with zero attached hydrogens (tertiary/aromatic N) is 2. The second-order valence-electron chi connectivity index (χ2n) is 6.13. The summed E-state index contributed by atoms with van der Waals surface area (Å²) in [7, 11) is 0. The molecule has 2 aliphatic rings. The van der Waals surface area contributed by atoms with Crippen LogP contribution in [0.1, 0.15) is 23.2 Å². The van der Waals surface area contributed by atoms with Crippen molar-refractivity contribution in [2.24, 2.45) is 5.92 Å². The van der Waals surface area contributed by atoms with E-state index in [0.717, 1.165) is 37.3 Å². The van der Waals surface area contributed by atoms with Crippen LogP contribution in [0.2, 0.25) is 0 Å². The van der Waals surface area contributed by atoms with Crippen LogP contribution in [0.25, 0.3) is 5.69 Å². The Balaban J connectivity index is 1.50. The molecule has 2 atom stereocenters. The fraction of sp³-hybridized carbons (Fsp3) is 0.412. The normalized spacial score (nSPS) is 27.5. The number of carbonyl (C=O) groups excluding carboxylic acids is 1. The summed E-state index contributed by atoms with van der Waals surface area (Å²) in [6.07, 6.45) is 5.38.